The van der Waals surface area contributed by atoms with Crippen LogP contribution in [0, 0.1) is 0 Å². The van der Waals surface area contributed by atoms with Crippen molar-refractivity contribution in [2.75, 3.05) is 6.54 Å². The first-order valence-electron chi connectivity index (χ1n) is 4.13. The molecule has 2 unspecified atom stereocenters. The summed E-state index contributed by atoms with van der Waals surface area (Å²) in [5.74, 6) is -2.01. The third kappa shape index (κ3) is 4.09. The van der Waals surface area contributed by atoms with Gasteiger partial charge in [-0.3, -0.25) is 14.5 Å². The average molecular weight is 245 g/mol. The Morgan fingerprint density at radius 1 is 1.14 bits per heavy atom. The van der Waals surface area contributed by atoms with Gasteiger partial charge in [-0.2, -0.15) is 0 Å². The molecule has 0 aromatic rings. The molecule has 2 N–H and O–H groups in total. The maximum atomic E-state index is 10.6. The van der Waals surface area contributed by atoms with Crippen LogP contribution < -0.4 is 0 Å². The summed E-state index contributed by atoms with van der Waals surface area (Å²) in [6.45, 7) is 5.09. The van der Waals surface area contributed by atoms with Gasteiger partial charge in [0.1, 0.15) is 12.1 Å². The Morgan fingerprint density at radius 3 is 1.57 bits per heavy atom. The molecule has 14 heavy (non-hydrogen) atoms. The first kappa shape index (κ1) is 15.9. The molecule has 0 aliphatic rings. The summed E-state index contributed by atoms with van der Waals surface area (Å²) in [6, 6.07) is -1.54. The monoisotopic (exact) mass is 245 g/mol. The van der Waals surface area contributed by atoms with E-state index in [2.05, 4.69) is 0 Å². The number of carboxylic acids is 2. The Bertz CT molecular complexity index is 190. The molecule has 0 spiro atoms. The fraction of sp³-hybridized carbons (Fsp3) is 0.750. The van der Waals surface area contributed by atoms with Gasteiger partial charge in [-0.1, -0.05) is 6.92 Å². The van der Waals surface area contributed by atoms with Gasteiger partial charge in [0.2, 0.25) is 0 Å². The van der Waals surface area contributed by atoms with E-state index in [1.165, 1.54) is 18.7 Å². The van der Waals surface area contributed by atoms with Crippen LogP contribution in [0.2, 0.25) is 0 Å². The zero-order chi connectivity index (χ0) is 10.6. The summed E-state index contributed by atoms with van der Waals surface area (Å²) in [5, 5.41) is 17.4. The molecule has 2 atom stereocenters. The van der Waals surface area contributed by atoms with Crippen LogP contribution in [0.1, 0.15) is 20.8 Å². The molecule has 81 valence electrons. The van der Waals surface area contributed by atoms with Gasteiger partial charge in [-0.15, -0.1) is 0 Å². The van der Waals surface area contributed by atoms with Crippen molar-refractivity contribution in [3.63, 3.8) is 0 Å². The minimum atomic E-state index is -1.00. The third-order valence-electron chi connectivity index (χ3n) is 2.07. The van der Waals surface area contributed by atoms with E-state index in [1.54, 1.807) is 6.92 Å². The Balaban J connectivity index is 0. The standard InChI is InChI=1S/C8H15NO4.Fe/c1-4-9(5(2)7(10)11)6(3)8(12)13;/h5-6H,4H2,1-3H3,(H,10,11)(H,12,13);/q;+3. The van der Waals surface area contributed by atoms with Crippen LogP contribution >= 0.6 is 0 Å². The zero-order valence-corrected chi connectivity index (χ0v) is 9.48. The van der Waals surface area contributed by atoms with E-state index < -0.39 is 24.0 Å². The van der Waals surface area contributed by atoms with Crippen LogP contribution in [0.25, 0.3) is 0 Å². The fourth-order valence-electron chi connectivity index (χ4n) is 1.17. The van der Waals surface area contributed by atoms with E-state index in [1.807, 2.05) is 0 Å². The molecule has 0 saturated heterocycles. The average Bonchev–Trinajstić information content (AvgIpc) is 2.04. The molecule has 1 radical (unpaired) electrons. The number of hydrogen-bond acceptors (Lipinski definition) is 3. The molecule has 0 aromatic carbocycles. The summed E-state index contributed by atoms with van der Waals surface area (Å²) in [6.07, 6.45) is 0. The molecule has 0 heterocycles. The second-order valence-corrected chi connectivity index (χ2v) is 2.86. The second-order valence-electron chi connectivity index (χ2n) is 2.86. The predicted molar refractivity (Wildman–Crippen MR) is 46.6 cm³/mol. The molecule has 5 nitrogen and oxygen atoms in total. The van der Waals surface area contributed by atoms with Crippen LogP contribution in [0.4, 0.5) is 0 Å². The summed E-state index contributed by atoms with van der Waals surface area (Å²) >= 11 is 0. The Labute approximate surface area is 93.6 Å². The van der Waals surface area contributed by atoms with Crippen molar-refractivity contribution in [2.24, 2.45) is 0 Å². The normalized spacial score (nSPS) is 14.3. The number of nitrogens with zero attached hydrogens (tertiary/aromatic N) is 1. The molecule has 6 heteroatoms. The third-order valence-corrected chi connectivity index (χ3v) is 2.07. The topological polar surface area (TPSA) is 77.8 Å². The largest absolute Gasteiger partial charge is 3.00 e. The minimum Gasteiger partial charge on any atom is -0.480 e. The summed E-state index contributed by atoms with van der Waals surface area (Å²) in [5.41, 5.74) is 0. The maximum Gasteiger partial charge on any atom is 3.00 e. The van der Waals surface area contributed by atoms with Crippen LogP contribution in [0.15, 0.2) is 0 Å². The molecule has 0 saturated carbocycles. The Kier molecular flexibility index (Phi) is 7.72. The summed E-state index contributed by atoms with van der Waals surface area (Å²) in [7, 11) is 0. The molecule has 0 fully saturated rings. The van der Waals surface area contributed by atoms with Crippen LogP contribution in [-0.2, 0) is 26.7 Å². The molecule has 0 rings (SSSR count). The van der Waals surface area contributed by atoms with Crippen molar-refractivity contribution < 1.29 is 36.9 Å². The van der Waals surface area contributed by atoms with Crippen molar-refractivity contribution >= 4 is 11.9 Å². The first-order chi connectivity index (χ1) is 5.91. The smallest absolute Gasteiger partial charge is 0.480 e. The number of aliphatic carboxylic acids is 2. The van der Waals surface area contributed by atoms with Crippen molar-refractivity contribution in [1.82, 2.24) is 4.90 Å². The van der Waals surface area contributed by atoms with Gasteiger partial charge in [0.25, 0.3) is 0 Å². The molecule has 0 bridgehead atoms. The van der Waals surface area contributed by atoms with E-state index >= 15 is 0 Å². The summed E-state index contributed by atoms with van der Waals surface area (Å²) in [4.78, 5) is 22.6. The van der Waals surface area contributed by atoms with Gasteiger partial charge < -0.3 is 10.2 Å². The van der Waals surface area contributed by atoms with Gasteiger partial charge >= 0.3 is 29.0 Å². The van der Waals surface area contributed by atoms with Crippen molar-refractivity contribution in [2.45, 2.75) is 32.9 Å². The van der Waals surface area contributed by atoms with Gasteiger partial charge in [-0.05, 0) is 20.4 Å². The number of likely N-dealkylation sites (N-methyl/N-ethyl adjacent to an activating group) is 1. The van der Waals surface area contributed by atoms with E-state index in [9.17, 15) is 9.59 Å². The quantitative estimate of drug-likeness (QED) is 0.679. The van der Waals surface area contributed by atoms with Crippen LogP contribution in [0.5, 0.6) is 0 Å². The molecular formula is C8H15FeNO4+3. The molecule has 0 amide bonds. The molecule has 0 aliphatic heterocycles. The van der Waals surface area contributed by atoms with Gasteiger partial charge in [0, 0.05) is 0 Å². The van der Waals surface area contributed by atoms with Crippen molar-refractivity contribution in [1.29, 1.82) is 0 Å². The van der Waals surface area contributed by atoms with E-state index in [4.69, 9.17) is 10.2 Å². The van der Waals surface area contributed by atoms with Crippen molar-refractivity contribution in [3.05, 3.63) is 0 Å². The second kappa shape index (κ2) is 6.81. The SMILES string of the molecule is CCN(C(C)C(=O)O)C(C)C(=O)O.[Fe+3]. The molecular weight excluding hydrogens is 230 g/mol. The first-order valence-corrected chi connectivity index (χ1v) is 4.13. The maximum absolute atomic E-state index is 10.6. The van der Waals surface area contributed by atoms with E-state index in [0.717, 1.165) is 0 Å². The van der Waals surface area contributed by atoms with Gasteiger partial charge in [0.15, 0.2) is 0 Å². The number of hydrogen-bond donors (Lipinski definition) is 2. The predicted octanol–water partition coefficient (Wildman–Crippen LogP) is 0.252. The van der Waals surface area contributed by atoms with Gasteiger partial charge in [-0.25, -0.2) is 0 Å². The minimum absolute atomic E-state index is 0. The molecule has 0 aromatic heterocycles. The van der Waals surface area contributed by atoms with E-state index in [-0.39, 0.29) is 17.1 Å². The Hall–Kier alpha value is -0.581. The number of carbonyl (C=O) groups is 2. The van der Waals surface area contributed by atoms with Gasteiger partial charge in [0.05, 0.1) is 0 Å². The summed E-state index contributed by atoms with van der Waals surface area (Å²) < 4.78 is 0. The van der Waals surface area contributed by atoms with Crippen molar-refractivity contribution in [3.8, 4) is 0 Å². The molecule has 0 aliphatic carbocycles. The van der Waals surface area contributed by atoms with Crippen LogP contribution in [-0.4, -0.2) is 45.7 Å². The fourth-order valence-corrected chi connectivity index (χ4v) is 1.17. The Morgan fingerprint density at radius 2 is 1.43 bits per heavy atom. The van der Waals surface area contributed by atoms with Crippen LogP contribution in [0.3, 0.4) is 0 Å². The zero-order valence-electron chi connectivity index (χ0n) is 8.37. The number of rotatable bonds is 5. The van der Waals surface area contributed by atoms with E-state index in [0.29, 0.717) is 6.54 Å². The number of carboxylic acid groups (broad SMARTS) is 2.